The third kappa shape index (κ3) is 5.11. The van der Waals surface area contributed by atoms with E-state index in [9.17, 15) is 4.57 Å². The van der Waals surface area contributed by atoms with E-state index in [1.165, 1.54) is 12.1 Å². The Morgan fingerprint density at radius 2 is 1.88 bits per heavy atom. The van der Waals surface area contributed by atoms with E-state index in [0.29, 0.717) is 29.3 Å². The smallest absolute Gasteiger partial charge is 0.315 e. The molecule has 7 nitrogen and oxygen atoms in total. The summed E-state index contributed by atoms with van der Waals surface area (Å²) in [5.74, 6) is 1.52. The Balaban J connectivity index is 2.04. The molecule has 9 heteroatoms. The predicted molar refractivity (Wildman–Crippen MR) is 94.1 cm³/mol. The van der Waals surface area contributed by atoms with Crippen LogP contribution >= 0.6 is 19.2 Å². The highest BCUT2D eigenvalue weighted by Crippen LogP contribution is 2.52. The maximum absolute atomic E-state index is 12.7. The fraction of sp³-hybridized carbons (Fsp3) is 0.533. The summed E-state index contributed by atoms with van der Waals surface area (Å²) in [6.45, 7) is 7.91. The Labute approximate surface area is 146 Å². The van der Waals surface area contributed by atoms with Crippen molar-refractivity contribution < 1.29 is 13.6 Å². The highest BCUT2D eigenvalue weighted by molar-refractivity contribution is 7.57. The number of nitrogens with zero attached hydrogens (tertiary/aromatic N) is 4. The largest absolute Gasteiger partial charge is 0.354 e. The second kappa shape index (κ2) is 8.21. The van der Waals surface area contributed by atoms with Crippen LogP contribution in [0, 0.1) is 0 Å². The van der Waals surface area contributed by atoms with Crippen molar-refractivity contribution in [3.05, 3.63) is 29.7 Å². The van der Waals surface area contributed by atoms with Gasteiger partial charge in [0.15, 0.2) is 10.8 Å². The van der Waals surface area contributed by atoms with Gasteiger partial charge < -0.3 is 13.6 Å². The lowest BCUT2D eigenvalue weighted by atomic mass is 10.4. The third-order valence-corrected chi connectivity index (χ3v) is 5.18. The van der Waals surface area contributed by atoms with Crippen LogP contribution in [0.5, 0.6) is 0 Å². The van der Waals surface area contributed by atoms with Crippen LogP contribution in [0.4, 0.5) is 0 Å². The number of rotatable bonds is 8. The summed E-state index contributed by atoms with van der Waals surface area (Å²) in [7, 11) is -3.25. The zero-order valence-corrected chi connectivity index (χ0v) is 15.9. The minimum absolute atomic E-state index is 0.185. The molecule has 0 atom stereocenters. The zero-order valence-electron chi connectivity index (χ0n) is 14.2. The Hall–Kier alpha value is -1.27. The van der Waals surface area contributed by atoms with Gasteiger partial charge in [-0.2, -0.15) is 0 Å². The first-order valence-electron chi connectivity index (χ1n) is 7.76. The minimum atomic E-state index is -3.25. The number of halogens is 1. The van der Waals surface area contributed by atoms with Crippen molar-refractivity contribution in [1.82, 2.24) is 19.5 Å². The molecule has 2 heterocycles. The normalized spacial score (nSPS) is 13.0. The number of aryl methyl sites for hydroxylation is 1. The molecule has 0 bridgehead atoms. The second-order valence-corrected chi connectivity index (χ2v) is 7.95. The van der Waals surface area contributed by atoms with Gasteiger partial charge in [-0.05, 0) is 34.1 Å². The maximum atomic E-state index is 12.7. The molecule has 0 radical (unpaired) electrons. The molecule has 0 aromatic carbocycles. The molecular formula is C15H22ClN4O3P. The lowest BCUT2D eigenvalue weighted by Gasteiger charge is -2.19. The molecule has 0 fully saturated rings. The number of hydrogen-bond acceptors (Lipinski definition) is 6. The average molecular weight is 373 g/mol. The third-order valence-electron chi connectivity index (χ3n) is 2.90. The topological polar surface area (TPSA) is 79.1 Å². The van der Waals surface area contributed by atoms with Crippen LogP contribution < -0.4 is 0 Å². The highest BCUT2D eigenvalue weighted by Gasteiger charge is 2.23. The Bertz CT molecular complexity index is 746. The lowest BCUT2D eigenvalue weighted by Crippen LogP contribution is -2.06. The monoisotopic (exact) mass is 372 g/mol. The summed E-state index contributed by atoms with van der Waals surface area (Å²) in [5, 5.41) is 0.328. The van der Waals surface area contributed by atoms with E-state index in [-0.39, 0.29) is 12.2 Å². The van der Waals surface area contributed by atoms with Crippen LogP contribution in [0.2, 0.25) is 5.15 Å². The number of fused-ring (bicyclic) bond motifs is 1. The maximum Gasteiger partial charge on any atom is 0.354 e. The van der Waals surface area contributed by atoms with Crippen molar-refractivity contribution in [2.24, 2.45) is 0 Å². The summed E-state index contributed by atoms with van der Waals surface area (Å²) in [6, 6.07) is 0. The fourth-order valence-corrected chi connectivity index (χ4v) is 4.07. The van der Waals surface area contributed by atoms with Gasteiger partial charge in [-0.25, -0.2) is 15.0 Å². The van der Waals surface area contributed by atoms with Crippen LogP contribution in [0.25, 0.3) is 11.2 Å². The molecule has 0 spiro atoms. The Morgan fingerprint density at radius 1 is 1.21 bits per heavy atom. The molecule has 0 amide bonds. The first-order chi connectivity index (χ1) is 11.3. The van der Waals surface area contributed by atoms with Gasteiger partial charge in [0, 0.05) is 12.4 Å². The molecule has 2 aromatic rings. The number of aromatic nitrogens is 4. The van der Waals surface area contributed by atoms with E-state index in [1.807, 2.05) is 32.3 Å². The van der Waals surface area contributed by atoms with E-state index >= 15 is 0 Å². The molecule has 0 aliphatic carbocycles. The average Bonchev–Trinajstić information content (AvgIpc) is 2.86. The van der Waals surface area contributed by atoms with Gasteiger partial charge in [0.25, 0.3) is 0 Å². The predicted octanol–water partition coefficient (Wildman–Crippen LogP) is 4.43. The minimum Gasteiger partial charge on any atom is -0.315 e. The van der Waals surface area contributed by atoms with Gasteiger partial charge in [0.1, 0.15) is 11.8 Å². The zero-order chi connectivity index (χ0) is 17.7. The molecular weight excluding hydrogens is 351 g/mol. The van der Waals surface area contributed by atoms with Gasteiger partial charge in [0.2, 0.25) is 0 Å². The summed E-state index contributed by atoms with van der Waals surface area (Å²) >= 11 is 5.98. The van der Waals surface area contributed by atoms with Gasteiger partial charge >= 0.3 is 7.60 Å². The van der Waals surface area contributed by atoms with Crippen molar-refractivity contribution in [2.45, 2.75) is 52.9 Å². The summed E-state index contributed by atoms with van der Waals surface area (Å²) in [5.41, 5.74) is 1.24. The van der Waals surface area contributed by atoms with E-state index in [1.54, 1.807) is 12.4 Å². The number of hydrogen-bond donors (Lipinski definition) is 0. The Morgan fingerprint density at radius 3 is 2.50 bits per heavy atom. The fourth-order valence-electron chi connectivity index (χ4n) is 2.12. The first-order valence-corrected chi connectivity index (χ1v) is 9.75. The van der Waals surface area contributed by atoms with Crippen LogP contribution in [0.3, 0.4) is 0 Å². The molecule has 2 rings (SSSR count). The molecule has 0 saturated heterocycles. The van der Waals surface area contributed by atoms with Crippen LogP contribution in [0.15, 0.2) is 24.5 Å². The number of allylic oxidation sites excluding steroid dienone is 1. The van der Waals surface area contributed by atoms with Crippen molar-refractivity contribution in [3.63, 3.8) is 0 Å². The van der Waals surface area contributed by atoms with Crippen molar-refractivity contribution in [1.29, 1.82) is 0 Å². The first kappa shape index (κ1) is 19.1. The Kier molecular flexibility index (Phi) is 6.52. The molecule has 0 saturated carbocycles. The molecule has 2 aromatic heterocycles. The van der Waals surface area contributed by atoms with Crippen molar-refractivity contribution in [2.75, 3.05) is 0 Å². The van der Waals surface area contributed by atoms with Crippen LogP contribution in [-0.4, -0.2) is 31.7 Å². The van der Waals surface area contributed by atoms with E-state index < -0.39 is 7.60 Å². The summed E-state index contributed by atoms with van der Waals surface area (Å²) < 4.78 is 25.5. The van der Waals surface area contributed by atoms with Gasteiger partial charge in [-0.3, -0.25) is 4.57 Å². The molecule has 24 heavy (non-hydrogen) atoms. The van der Waals surface area contributed by atoms with Crippen LogP contribution in [0.1, 0.15) is 34.1 Å². The quantitative estimate of drug-likeness (QED) is 0.504. The van der Waals surface area contributed by atoms with Crippen LogP contribution in [-0.2, 0) is 20.2 Å². The van der Waals surface area contributed by atoms with Crippen molar-refractivity contribution in [3.8, 4) is 0 Å². The molecule has 0 N–H and O–H groups in total. The summed E-state index contributed by atoms with van der Waals surface area (Å²) in [6.07, 6.45) is 5.11. The number of imidazole rings is 1. The lowest BCUT2D eigenvalue weighted by molar-refractivity contribution is 0.149. The highest BCUT2D eigenvalue weighted by atomic mass is 35.5. The molecule has 0 aliphatic heterocycles. The van der Waals surface area contributed by atoms with Gasteiger partial charge in [-0.15, -0.1) is 0 Å². The summed E-state index contributed by atoms with van der Waals surface area (Å²) in [4.78, 5) is 12.3. The molecule has 0 unspecified atom stereocenters. The molecule has 0 aliphatic rings. The van der Waals surface area contributed by atoms with Gasteiger partial charge in [0.05, 0.1) is 18.5 Å². The van der Waals surface area contributed by atoms with E-state index in [4.69, 9.17) is 20.6 Å². The molecule has 132 valence electrons. The van der Waals surface area contributed by atoms with Gasteiger partial charge in [-0.1, -0.05) is 17.7 Å². The van der Waals surface area contributed by atoms with E-state index in [2.05, 4.69) is 15.0 Å². The van der Waals surface area contributed by atoms with Crippen molar-refractivity contribution >= 4 is 30.4 Å². The second-order valence-electron chi connectivity index (χ2n) is 5.80. The van der Waals surface area contributed by atoms with E-state index in [0.717, 1.165) is 0 Å². The standard InChI is InChI=1S/C15H22ClN4O3P/c1-11(2)22-24(21,23-12(3)4)8-6-5-7-20-10-19-13-14(16)17-9-18-15(13)20/h6,8-12H,5,7H2,1-4H3/b8-6+. The SMILES string of the molecule is CC(C)OP(=O)(/C=C/CCn1cnc2c(Cl)ncnc21)OC(C)C.